The average molecular weight is 158 g/mol. The Balaban J connectivity index is 4.35. The van der Waals surface area contributed by atoms with Crippen LogP contribution in [0.15, 0.2) is 35.0 Å². The molecular weight excluding hydrogens is 146 g/mol. The molecule has 0 rings (SSSR count). The van der Waals surface area contributed by atoms with Crippen LogP contribution in [-0.4, -0.2) is 0 Å². The number of hydrogen-bond acceptors (Lipinski definition) is 1. The topological polar surface area (TPSA) is 26.0 Å². The van der Waals surface area contributed by atoms with Crippen molar-refractivity contribution in [1.29, 1.82) is 0 Å². The molecule has 0 saturated heterocycles. The quantitative estimate of drug-likeness (QED) is 0.613. The summed E-state index contributed by atoms with van der Waals surface area (Å²) in [5, 5.41) is 0.714. The summed E-state index contributed by atoms with van der Waals surface area (Å²) < 4.78 is 0. The first-order valence-electron chi connectivity index (χ1n) is 3.02. The molecule has 0 radical (unpaired) electrons. The Morgan fingerprint density at radius 1 is 1.60 bits per heavy atom. The van der Waals surface area contributed by atoms with Crippen molar-refractivity contribution < 1.29 is 0 Å². The van der Waals surface area contributed by atoms with E-state index in [1.54, 1.807) is 6.08 Å². The van der Waals surface area contributed by atoms with Crippen molar-refractivity contribution in [2.75, 3.05) is 0 Å². The van der Waals surface area contributed by atoms with Gasteiger partial charge >= 0.3 is 0 Å². The highest BCUT2D eigenvalue weighted by Crippen LogP contribution is 2.13. The van der Waals surface area contributed by atoms with Crippen LogP contribution in [0.5, 0.6) is 0 Å². The van der Waals surface area contributed by atoms with Gasteiger partial charge in [0.05, 0.1) is 0 Å². The number of hydrogen-bond donors (Lipinski definition) is 1. The van der Waals surface area contributed by atoms with Crippen molar-refractivity contribution in [3.05, 3.63) is 35.0 Å². The minimum atomic E-state index is 0.525. The molecule has 0 amide bonds. The molecule has 0 aliphatic rings. The van der Waals surface area contributed by atoms with E-state index in [1.165, 1.54) is 0 Å². The van der Waals surface area contributed by atoms with E-state index in [0.29, 0.717) is 10.7 Å². The van der Waals surface area contributed by atoms with Gasteiger partial charge in [0.15, 0.2) is 0 Å². The summed E-state index contributed by atoms with van der Waals surface area (Å²) in [5.74, 6) is 0. The van der Waals surface area contributed by atoms with E-state index in [2.05, 4.69) is 6.58 Å². The maximum Gasteiger partial charge on any atom is 0.0393 e. The van der Waals surface area contributed by atoms with Crippen LogP contribution in [0.2, 0.25) is 0 Å². The Hall–Kier alpha value is -0.690. The molecule has 0 aromatic carbocycles. The van der Waals surface area contributed by atoms with Crippen molar-refractivity contribution in [1.82, 2.24) is 0 Å². The largest absolute Gasteiger partial charge is 0.399 e. The highest BCUT2D eigenvalue weighted by Gasteiger charge is 1.91. The van der Waals surface area contributed by atoms with Gasteiger partial charge in [0.25, 0.3) is 0 Å². The first kappa shape index (κ1) is 9.31. The maximum absolute atomic E-state index is 5.76. The molecule has 0 fully saturated rings. The maximum atomic E-state index is 5.76. The fourth-order valence-electron chi connectivity index (χ4n) is 0.575. The smallest absolute Gasteiger partial charge is 0.0393 e. The van der Waals surface area contributed by atoms with Gasteiger partial charge < -0.3 is 5.73 Å². The summed E-state index contributed by atoms with van der Waals surface area (Å²) >= 11 is 5.76. The zero-order valence-corrected chi connectivity index (χ0v) is 7.07. The molecule has 1 nitrogen and oxygen atoms in total. The zero-order valence-electron chi connectivity index (χ0n) is 6.32. The average Bonchev–Trinajstić information content (AvgIpc) is 1.85. The Labute approximate surface area is 66.9 Å². The zero-order chi connectivity index (χ0) is 8.15. The molecule has 0 aliphatic heterocycles. The van der Waals surface area contributed by atoms with Gasteiger partial charge in [-0.1, -0.05) is 24.3 Å². The molecule has 0 heterocycles. The van der Waals surface area contributed by atoms with E-state index in [1.807, 2.05) is 19.9 Å². The van der Waals surface area contributed by atoms with Gasteiger partial charge in [-0.25, -0.2) is 0 Å². The third kappa shape index (κ3) is 3.36. The molecule has 0 atom stereocenters. The lowest BCUT2D eigenvalue weighted by Gasteiger charge is -1.96. The fraction of sp³-hybridized carbons (Fsp3) is 0.250. The van der Waals surface area contributed by atoms with Gasteiger partial charge in [-0.3, -0.25) is 0 Å². The standard InChI is InChI=1S/C8H12ClN/c1-4-8(9)6(2)5-7(3)10/h4-5H,3,10H2,1-2H3/b6-5-,8-4+. The second-order valence-corrected chi connectivity index (χ2v) is 2.45. The summed E-state index contributed by atoms with van der Waals surface area (Å²) in [6.45, 7) is 7.29. The molecule has 0 spiro atoms. The van der Waals surface area contributed by atoms with E-state index in [4.69, 9.17) is 17.3 Å². The Morgan fingerprint density at radius 2 is 2.10 bits per heavy atom. The Bertz CT molecular complexity index is 189. The summed E-state index contributed by atoms with van der Waals surface area (Å²) in [7, 11) is 0. The van der Waals surface area contributed by atoms with Gasteiger partial charge in [-0.2, -0.15) is 0 Å². The van der Waals surface area contributed by atoms with Crippen molar-refractivity contribution in [2.24, 2.45) is 5.73 Å². The second-order valence-electron chi connectivity index (χ2n) is 2.04. The van der Waals surface area contributed by atoms with E-state index in [0.717, 1.165) is 5.57 Å². The monoisotopic (exact) mass is 157 g/mol. The van der Waals surface area contributed by atoms with E-state index >= 15 is 0 Å². The van der Waals surface area contributed by atoms with E-state index < -0.39 is 0 Å². The van der Waals surface area contributed by atoms with Gasteiger partial charge in [0, 0.05) is 10.7 Å². The van der Waals surface area contributed by atoms with Crippen LogP contribution in [0.3, 0.4) is 0 Å². The summed E-state index contributed by atoms with van der Waals surface area (Å²) in [6, 6.07) is 0. The van der Waals surface area contributed by atoms with Gasteiger partial charge in [-0.15, -0.1) is 0 Å². The highest BCUT2D eigenvalue weighted by atomic mass is 35.5. The fourth-order valence-corrected chi connectivity index (χ4v) is 0.629. The molecule has 2 N–H and O–H groups in total. The molecule has 0 bridgehead atoms. The molecule has 0 aromatic heterocycles. The molecule has 2 heteroatoms. The van der Waals surface area contributed by atoms with Crippen molar-refractivity contribution >= 4 is 11.6 Å². The number of halogens is 1. The minimum absolute atomic E-state index is 0.525. The normalized spacial score (nSPS) is 13.5. The summed E-state index contributed by atoms with van der Waals surface area (Å²) in [4.78, 5) is 0. The third-order valence-electron chi connectivity index (χ3n) is 1.03. The molecule has 0 aliphatic carbocycles. The minimum Gasteiger partial charge on any atom is -0.399 e. The SMILES string of the molecule is C=C(N)/C=C(C)\C(Cl)=C/C. The van der Waals surface area contributed by atoms with Crippen molar-refractivity contribution in [3.63, 3.8) is 0 Å². The molecular formula is C8H12ClN. The van der Waals surface area contributed by atoms with Gasteiger partial charge in [0.2, 0.25) is 0 Å². The first-order chi connectivity index (χ1) is 4.57. The van der Waals surface area contributed by atoms with E-state index in [-0.39, 0.29) is 0 Å². The molecule has 0 aromatic rings. The van der Waals surface area contributed by atoms with E-state index in [9.17, 15) is 0 Å². The number of rotatable bonds is 2. The molecule has 10 heavy (non-hydrogen) atoms. The molecule has 0 unspecified atom stereocenters. The number of nitrogens with two attached hydrogens (primary N) is 1. The molecule has 0 saturated carbocycles. The van der Waals surface area contributed by atoms with Crippen LogP contribution in [-0.2, 0) is 0 Å². The van der Waals surface area contributed by atoms with Gasteiger partial charge in [-0.05, 0) is 25.5 Å². The lowest BCUT2D eigenvalue weighted by molar-refractivity contribution is 1.38. The first-order valence-corrected chi connectivity index (χ1v) is 3.40. The van der Waals surface area contributed by atoms with Crippen molar-refractivity contribution in [2.45, 2.75) is 13.8 Å². The van der Waals surface area contributed by atoms with Crippen LogP contribution < -0.4 is 5.73 Å². The third-order valence-corrected chi connectivity index (χ3v) is 1.55. The predicted octanol–water partition coefficient (Wildman–Crippen LogP) is 2.55. The van der Waals surface area contributed by atoms with Crippen LogP contribution in [0.1, 0.15) is 13.8 Å². The van der Waals surface area contributed by atoms with Crippen LogP contribution in [0, 0.1) is 0 Å². The van der Waals surface area contributed by atoms with Crippen LogP contribution in [0.25, 0.3) is 0 Å². The Kier molecular flexibility index (Phi) is 3.89. The lowest BCUT2D eigenvalue weighted by atomic mass is 10.2. The lowest BCUT2D eigenvalue weighted by Crippen LogP contribution is -1.90. The predicted molar refractivity (Wildman–Crippen MR) is 46.7 cm³/mol. The van der Waals surface area contributed by atoms with Crippen molar-refractivity contribution in [3.8, 4) is 0 Å². The van der Waals surface area contributed by atoms with Gasteiger partial charge in [0.1, 0.15) is 0 Å². The van der Waals surface area contributed by atoms with Crippen LogP contribution >= 0.6 is 11.6 Å². The number of allylic oxidation sites excluding steroid dienone is 4. The summed E-state index contributed by atoms with van der Waals surface area (Å²) in [6.07, 6.45) is 3.55. The Morgan fingerprint density at radius 3 is 2.40 bits per heavy atom. The molecule has 56 valence electrons. The highest BCUT2D eigenvalue weighted by molar-refractivity contribution is 6.31. The van der Waals surface area contributed by atoms with Crippen LogP contribution in [0.4, 0.5) is 0 Å². The second kappa shape index (κ2) is 4.18. The summed E-state index contributed by atoms with van der Waals surface area (Å²) in [5.41, 5.74) is 6.80.